The van der Waals surface area contributed by atoms with Gasteiger partial charge in [0.1, 0.15) is 25.3 Å². The van der Waals surface area contributed by atoms with Crippen LogP contribution in [0.4, 0.5) is 17.3 Å². The summed E-state index contributed by atoms with van der Waals surface area (Å²) < 4.78 is 18.2. The summed E-state index contributed by atoms with van der Waals surface area (Å²) in [4.78, 5) is 22.6. The highest BCUT2D eigenvalue weighted by Gasteiger charge is 2.38. The molecule has 28 heavy (non-hydrogen) atoms. The average Bonchev–Trinajstić information content (AvgIpc) is 2.96. The summed E-state index contributed by atoms with van der Waals surface area (Å²) in [5.41, 5.74) is 6.34. The Morgan fingerprint density at radius 1 is 1.29 bits per heavy atom. The van der Waals surface area contributed by atoms with E-state index >= 15 is 0 Å². The topological polar surface area (TPSA) is 131 Å². The van der Waals surface area contributed by atoms with Crippen molar-refractivity contribution in [3.63, 3.8) is 0 Å². The number of hydrogen-bond donors (Lipinski definition) is 3. The van der Waals surface area contributed by atoms with Crippen molar-refractivity contribution in [1.82, 2.24) is 14.5 Å². The Morgan fingerprint density at radius 2 is 2.04 bits per heavy atom. The standard InChI is InChI=1S/C18H32N5O4P/c1-14(2)7-5-4-6-8-28(25,26)13-27-15(10-24)9-23(3)12-22-16-17(19)20-11-21-18(16)23/h11-12,14-15,24H,4-10,13H2,1-3H3,(H2-,19,20,21,25,26)/p+1/t15-,23?/m0/s1. The SMILES string of the molecule is CC(C)CCCCCP(=O)(O)CO[C@H](CO)C[N+]1(C)C=Nc2c(N)ncnc21. The van der Waals surface area contributed by atoms with Crippen LogP contribution in [-0.4, -0.2) is 65.1 Å². The number of aliphatic hydroxyl groups excluding tert-OH is 1. The van der Waals surface area contributed by atoms with Crippen LogP contribution in [0, 0.1) is 5.92 Å². The number of aliphatic imine (C=N–C) groups is 1. The molecule has 0 spiro atoms. The minimum absolute atomic E-state index is 0.179. The van der Waals surface area contributed by atoms with Crippen LogP contribution in [0.2, 0.25) is 0 Å². The number of anilines is 1. The van der Waals surface area contributed by atoms with Gasteiger partial charge in [0.2, 0.25) is 7.37 Å². The molecule has 2 rings (SSSR count). The Balaban J connectivity index is 1.85. The van der Waals surface area contributed by atoms with E-state index in [1.165, 1.54) is 6.33 Å². The molecule has 2 heterocycles. The van der Waals surface area contributed by atoms with Gasteiger partial charge in [0.15, 0.2) is 17.8 Å². The monoisotopic (exact) mass is 414 g/mol. The number of aromatic nitrogens is 2. The highest BCUT2D eigenvalue weighted by molar-refractivity contribution is 7.57. The number of rotatable bonds is 12. The second-order valence-corrected chi connectivity index (χ2v) is 10.4. The van der Waals surface area contributed by atoms with Crippen LogP contribution in [0.3, 0.4) is 0 Å². The van der Waals surface area contributed by atoms with Crippen LogP contribution in [0.5, 0.6) is 0 Å². The zero-order valence-corrected chi connectivity index (χ0v) is 17.9. The molecule has 9 nitrogen and oxygen atoms in total. The molecule has 0 aliphatic carbocycles. The molecule has 2 unspecified atom stereocenters. The molecule has 0 amide bonds. The number of unbranched alkanes of at least 4 members (excludes halogenated alkanes) is 2. The first-order valence-corrected chi connectivity index (χ1v) is 11.7. The largest absolute Gasteiger partial charge is 0.393 e. The quantitative estimate of drug-likeness (QED) is 0.272. The van der Waals surface area contributed by atoms with Crippen molar-refractivity contribution in [3.8, 4) is 0 Å². The lowest BCUT2D eigenvalue weighted by molar-refractivity contribution is 0.0251. The molecular formula is C18H33N5O4P+. The molecule has 0 saturated heterocycles. The van der Waals surface area contributed by atoms with Crippen molar-refractivity contribution in [3.05, 3.63) is 6.33 Å². The summed E-state index contributed by atoms with van der Waals surface area (Å²) in [6.45, 7) is 4.39. The number of nitrogen functional groups attached to an aromatic ring is 1. The molecule has 1 aliphatic heterocycles. The summed E-state index contributed by atoms with van der Waals surface area (Å²) in [6.07, 6.45) is 6.23. The third kappa shape index (κ3) is 6.32. The van der Waals surface area contributed by atoms with Gasteiger partial charge in [0.25, 0.3) is 5.82 Å². The number of likely N-dealkylation sites (N-methyl/N-ethyl adjacent to an activating group) is 1. The molecule has 4 N–H and O–H groups in total. The average molecular weight is 414 g/mol. The number of quaternary nitrogens is 1. The number of nitrogens with zero attached hydrogens (tertiary/aromatic N) is 4. The second-order valence-electron chi connectivity index (χ2n) is 8.04. The smallest absolute Gasteiger partial charge is 0.265 e. The number of fused-ring (bicyclic) bond motifs is 1. The fourth-order valence-corrected chi connectivity index (χ4v) is 4.51. The van der Waals surface area contributed by atoms with Crippen molar-refractivity contribution in [1.29, 1.82) is 0 Å². The highest BCUT2D eigenvalue weighted by Crippen LogP contribution is 2.42. The first-order chi connectivity index (χ1) is 13.2. The molecule has 0 aromatic carbocycles. The maximum Gasteiger partial charge on any atom is 0.265 e. The van der Waals surface area contributed by atoms with Gasteiger partial charge in [0.05, 0.1) is 13.7 Å². The predicted molar refractivity (Wildman–Crippen MR) is 112 cm³/mol. The molecule has 0 saturated carbocycles. The van der Waals surface area contributed by atoms with Crippen LogP contribution in [0.25, 0.3) is 0 Å². The van der Waals surface area contributed by atoms with E-state index in [0.29, 0.717) is 36.2 Å². The van der Waals surface area contributed by atoms with Crippen molar-refractivity contribution in [2.24, 2.45) is 10.9 Å². The number of aliphatic hydroxyl groups is 1. The van der Waals surface area contributed by atoms with Crippen LogP contribution in [0.1, 0.15) is 39.5 Å². The molecule has 0 bridgehead atoms. The van der Waals surface area contributed by atoms with Gasteiger partial charge in [-0.1, -0.05) is 33.1 Å². The minimum Gasteiger partial charge on any atom is -0.393 e. The van der Waals surface area contributed by atoms with Crippen LogP contribution in [0.15, 0.2) is 11.3 Å². The first-order valence-electron chi connectivity index (χ1n) is 9.71. The summed E-state index contributed by atoms with van der Waals surface area (Å²) in [5.74, 6) is 1.56. The molecular weight excluding hydrogens is 381 g/mol. The van der Waals surface area contributed by atoms with Crippen LogP contribution >= 0.6 is 7.37 Å². The van der Waals surface area contributed by atoms with E-state index in [1.807, 2.05) is 7.05 Å². The van der Waals surface area contributed by atoms with E-state index in [2.05, 4.69) is 28.8 Å². The zero-order chi connectivity index (χ0) is 20.8. The van der Waals surface area contributed by atoms with Crippen LogP contribution < -0.4 is 10.2 Å². The second kappa shape index (κ2) is 9.89. The Hall–Kier alpha value is -1.38. The summed E-state index contributed by atoms with van der Waals surface area (Å²) in [5, 5.41) is 9.69. The molecule has 1 aromatic rings. The van der Waals surface area contributed by atoms with Gasteiger partial charge < -0.3 is 20.5 Å². The van der Waals surface area contributed by atoms with Gasteiger partial charge in [-0.25, -0.2) is 9.47 Å². The van der Waals surface area contributed by atoms with E-state index in [1.54, 1.807) is 6.34 Å². The van der Waals surface area contributed by atoms with Crippen molar-refractivity contribution in [2.45, 2.75) is 45.6 Å². The van der Waals surface area contributed by atoms with E-state index < -0.39 is 13.5 Å². The zero-order valence-electron chi connectivity index (χ0n) is 17.0. The third-order valence-corrected chi connectivity index (χ3v) is 6.41. The lowest BCUT2D eigenvalue weighted by Crippen LogP contribution is -2.49. The van der Waals surface area contributed by atoms with E-state index in [0.717, 1.165) is 19.3 Å². The van der Waals surface area contributed by atoms with Crippen molar-refractivity contribution < 1.29 is 19.3 Å². The predicted octanol–water partition coefficient (Wildman–Crippen LogP) is 2.49. The molecule has 158 valence electrons. The molecule has 0 fully saturated rings. The third-order valence-electron chi connectivity index (χ3n) is 4.84. The fourth-order valence-electron chi connectivity index (χ4n) is 3.21. The van der Waals surface area contributed by atoms with E-state index in [9.17, 15) is 14.6 Å². The van der Waals surface area contributed by atoms with E-state index in [-0.39, 0.29) is 23.6 Å². The van der Waals surface area contributed by atoms with Crippen molar-refractivity contribution in [2.75, 3.05) is 38.4 Å². The Labute approximate surface area is 166 Å². The normalized spacial score (nSPS) is 21.6. The highest BCUT2D eigenvalue weighted by atomic mass is 31.2. The van der Waals surface area contributed by atoms with Crippen LogP contribution in [-0.2, 0) is 9.30 Å². The van der Waals surface area contributed by atoms with E-state index in [4.69, 9.17) is 10.5 Å². The number of ether oxygens (including phenoxy) is 1. The Kier molecular flexibility index (Phi) is 8.09. The molecule has 1 aromatic heterocycles. The summed E-state index contributed by atoms with van der Waals surface area (Å²) >= 11 is 0. The summed E-state index contributed by atoms with van der Waals surface area (Å²) in [7, 11) is -1.52. The maximum atomic E-state index is 12.4. The van der Waals surface area contributed by atoms with Gasteiger partial charge in [-0.15, -0.1) is 0 Å². The molecule has 0 radical (unpaired) electrons. The lowest BCUT2D eigenvalue weighted by atomic mass is 10.1. The van der Waals surface area contributed by atoms with Crippen molar-refractivity contribution >= 4 is 31.0 Å². The number of nitrogens with two attached hydrogens (primary N) is 1. The van der Waals surface area contributed by atoms with Gasteiger partial charge in [-0.05, 0) is 12.3 Å². The molecule has 3 atom stereocenters. The van der Waals surface area contributed by atoms with Gasteiger partial charge in [0, 0.05) is 6.16 Å². The lowest BCUT2D eigenvalue weighted by Gasteiger charge is -2.28. The first kappa shape index (κ1) is 22.9. The Morgan fingerprint density at radius 3 is 2.71 bits per heavy atom. The van der Waals surface area contributed by atoms with Gasteiger partial charge in [-0.2, -0.15) is 9.98 Å². The molecule has 1 aliphatic rings. The summed E-state index contributed by atoms with van der Waals surface area (Å²) in [6, 6.07) is 0. The fraction of sp³-hybridized carbons (Fsp3) is 0.722. The number of hydrogen-bond acceptors (Lipinski definition) is 7. The molecule has 10 heteroatoms. The Bertz CT molecular complexity index is 730. The maximum absolute atomic E-state index is 12.4. The van der Waals surface area contributed by atoms with Gasteiger partial charge in [-0.3, -0.25) is 4.57 Å². The minimum atomic E-state index is -3.38. The van der Waals surface area contributed by atoms with Gasteiger partial charge >= 0.3 is 0 Å².